The molecule has 0 unspecified atom stereocenters. The van der Waals surface area contributed by atoms with Crippen molar-refractivity contribution in [3.8, 4) is 0 Å². The molecule has 0 aromatic carbocycles. The van der Waals surface area contributed by atoms with Crippen LogP contribution in [0.4, 0.5) is 4.79 Å². The van der Waals surface area contributed by atoms with Gasteiger partial charge in [0.15, 0.2) is 0 Å². The van der Waals surface area contributed by atoms with Crippen LogP contribution in [0, 0.1) is 6.92 Å². The van der Waals surface area contributed by atoms with E-state index in [0.29, 0.717) is 5.69 Å². The molecule has 9 heteroatoms. The lowest BCUT2D eigenvalue weighted by Crippen LogP contribution is -2.47. The smallest absolute Gasteiger partial charge is 0.326 e. The number of carbonyl (C=O) groups is 3. The van der Waals surface area contributed by atoms with E-state index in [9.17, 15) is 14.4 Å². The van der Waals surface area contributed by atoms with E-state index in [1.807, 2.05) is 6.92 Å². The van der Waals surface area contributed by atoms with Crippen LogP contribution in [0.25, 0.3) is 0 Å². The Morgan fingerprint density at radius 2 is 2.10 bits per heavy atom. The predicted octanol–water partition coefficient (Wildman–Crippen LogP) is 0.521. The van der Waals surface area contributed by atoms with Crippen LogP contribution >= 0.6 is 11.3 Å². The summed E-state index contributed by atoms with van der Waals surface area (Å²) in [5.74, 6) is -2.69. The van der Waals surface area contributed by atoms with Crippen LogP contribution in [0.3, 0.4) is 0 Å². The Balaban J connectivity index is 2.59. The number of nitrogens with zero attached hydrogens (tertiary/aromatic N) is 2. The van der Waals surface area contributed by atoms with Gasteiger partial charge < -0.3 is 20.4 Å². The highest BCUT2D eigenvalue weighted by Crippen LogP contribution is 2.09. The maximum absolute atomic E-state index is 11.8. The second-order valence-corrected chi connectivity index (χ2v) is 5.21. The minimum atomic E-state index is -1.46. The minimum Gasteiger partial charge on any atom is -0.481 e. The van der Waals surface area contributed by atoms with Crippen molar-refractivity contribution < 1.29 is 24.6 Å². The van der Waals surface area contributed by atoms with Crippen molar-refractivity contribution in [3.63, 3.8) is 0 Å². The molecule has 0 aliphatic rings. The number of carboxylic acids is 2. The molecule has 0 radical (unpaired) electrons. The zero-order valence-electron chi connectivity index (χ0n) is 11.0. The van der Waals surface area contributed by atoms with Crippen LogP contribution in [0.15, 0.2) is 5.38 Å². The molecule has 0 bridgehead atoms. The van der Waals surface area contributed by atoms with E-state index in [-0.39, 0.29) is 6.54 Å². The van der Waals surface area contributed by atoms with Gasteiger partial charge in [-0.1, -0.05) is 0 Å². The Bertz CT molecular complexity index is 516. The van der Waals surface area contributed by atoms with Gasteiger partial charge in [0.1, 0.15) is 6.04 Å². The summed E-state index contributed by atoms with van der Waals surface area (Å²) in [5.41, 5.74) is 0.690. The summed E-state index contributed by atoms with van der Waals surface area (Å²) < 4.78 is 0. The van der Waals surface area contributed by atoms with Gasteiger partial charge >= 0.3 is 18.0 Å². The van der Waals surface area contributed by atoms with Crippen molar-refractivity contribution >= 4 is 29.3 Å². The molecule has 1 aromatic rings. The number of rotatable bonds is 6. The SMILES string of the molecule is Cc1nc(CN(C)C(=O)N[C@H](CC(=O)O)C(=O)O)cs1. The van der Waals surface area contributed by atoms with Crippen molar-refractivity contribution in [2.24, 2.45) is 0 Å². The number of aliphatic carboxylic acids is 2. The molecule has 1 atom stereocenters. The van der Waals surface area contributed by atoms with E-state index in [2.05, 4.69) is 10.3 Å². The first-order valence-corrected chi connectivity index (χ1v) is 6.54. The van der Waals surface area contributed by atoms with Crippen LogP contribution in [0.1, 0.15) is 17.1 Å². The van der Waals surface area contributed by atoms with Gasteiger partial charge in [-0.25, -0.2) is 14.6 Å². The monoisotopic (exact) mass is 301 g/mol. The number of urea groups is 1. The van der Waals surface area contributed by atoms with Crippen LogP contribution in [-0.2, 0) is 16.1 Å². The third kappa shape index (κ3) is 4.84. The summed E-state index contributed by atoms with van der Waals surface area (Å²) in [6.45, 7) is 2.05. The molecule has 0 fully saturated rings. The molecular weight excluding hydrogens is 286 g/mol. The topological polar surface area (TPSA) is 120 Å². The fourth-order valence-corrected chi connectivity index (χ4v) is 2.03. The van der Waals surface area contributed by atoms with Crippen LogP contribution in [0.5, 0.6) is 0 Å². The van der Waals surface area contributed by atoms with E-state index in [1.54, 1.807) is 5.38 Å². The van der Waals surface area contributed by atoms with E-state index in [0.717, 1.165) is 5.01 Å². The van der Waals surface area contributed by atoms with Gasteiger partial charge in [0.2, 0.25) is 0 Å². The molecule has 1 rings (SSSR count). The zero-order valence-corrected chi connectivity index (χ0v) is 11.8. The number of hydrogen-bond acceptors (Lipinski definition) is 5. The molecule has 1 aromatic heterocycles. The summed E-state index contributed by atoms with van der Waals surface area (Å²) in [4.78, 5) is 38.6. The van der Waals surface area contributed by atoms with Crippen molar-refractivity contribution in [1.29, 1.82) is 0 Å². The first-order chi connectivity index (χ1) is 9.29. The highest BCUT2D eigenvalue weighted by atomic mass is 32.1. The molecule has 0 saturated carbocycles. The van der Waals surface area contributed by atoms with Crippen molar-refractivity contribution in [1.82, 2.24) is 15.2 Å². The quantitative estimate of drug-likeness (QED) is 0.704. The van der Waals surface area contributed by atoms with Crippen molar-refractivity contribution in [2.45, 2.75) is 25.9 Å². The third-order valence-corrected chi connectivity index (χ3v) is 3.21. The molecule has 20 heavy (non-hydrogen) atoms. The van der Waals surface area contributed by atoms with Crippen LogP contribution < -0.4 is 5.32 Å². The Kier molecular flexibility index (Phi) is 5.44. The fraction of sp³-hybridized carbons (Fsp3) is 0.455. The molecule has 0 aliphatic heterocycles. The maximum Gasteiger partial charge on any atom is 0.326 e. The standard InChI is InChI=1S/C11H15N3O5S/c1-6-12-7(5-20-6)4-14(2)11(19)13-8(10(17)18)3-9(15)16/h5,8H,3-4H2,1-2H3,(H,13,19)(H,15,16)(H,17,18)/t8-/m1/s1. The summed E-state index contributed by atoms with van der Waals surface area (Å²) in [7, 11) is 1.48. The zero-order chi connectivity index (χ0) is 15.3. The van der Waals surface area contributed by atoms with Gasteiger partial charge in [-0.3, -0.25) is 4.79 Å². The van der Waals surface area contributed by atoms with Gasteiger partial charge in [0, 0.05) is 12.4 Å². The van der Waals surface area contributed by atoms with Gasteiger partial charge in [-0.15, -0.1) is 11.3 Å². The number of hydrogen-bond donors (Lipinski definition) is 3. The normalized spacial score (nSPS) is 11.7. The van der Waals surface area contributed by atoms with Crippen molar-refractivity contribution in [2.75, 3.05) is 7.05 Å². The fourth-order valence-electron chi connectivity index (χ4n) is 1.43. The average molecular weight is 301 g/mol. The predicted molar refractivity (Wildman–Crippen MR) is 70.5 cm³/mol. The molecule has 110 valence electrons. The summed E-state index contributed by atoms with van der Waals surface area (Å²) in [6, 6.07) is -2.12. The van der Waals surface area contributed by atoms with Crippen LogP contribution in [-0.4, -0.2) is 51.2 Å². The first-order valence-electron chi connectivity index (χ1n) is 5.67. The molecule has 0 saturated heterocycles. The molecule has 2 amide bonds. The van der Waals surface area contributed by atoms with Crippen LogP contribution in [0.2, 0.25) is 0 Å². The second kappa shape index (κ2) is 6.85. The van der Waals surface area contributed by atoms with E-state index < -0.39 is 30.4 Å². The lowest BCUT2D eigenvalue weighted by molar-refractivity contribution is -0.145. The summed E-state index contributed by atoms with van der Waals surface area (Å²) in [6.07, 6.45) is -0.676. The van der Waals surface area contributed by atoms with E-state index in [4.69, 9.17) is 10.2 Å². The van der Waals surface area contributed by atoms with Gasteiger partial charge in [-0.05, 0) is 6.92 Å². The van der Waals surface area contributed by atoms with Gasteiger partial charge in [0.25, 0.3) is 0 Å². The summed E-state index contributed by atoms with van der Waals surface area (Å²) in [5, 5.41) is 22.2. The number of thiazole rings is 1. The molecule has 0 spiro atoms. The molecule has 1 heterocycles. The highest BCUT2D eigenvalue weighted by Gasteiger charge is 2.24. The number of nitrogens with one attached hydrogen (secondary N) is 1. The number of aromatic nitrogens is 1. The van der Waals surface area contributed by atoms with E-state index >= 15 is 0 Å². The largest absolute Gasteiger partial charge is 0.481 e. The Hall–Kier alpha value is -2.16. The minimum absolute atomic E-state index is 0.218. The number of carboxylic acid groups (broad SMARTS) is 2. The number of amides is 2. The Morgan fingerprint density at radius 3 is 2.55 bits per heavy atom. The lowest BCUT2D eigenvalue weighted by Gasteiger charge is -2.19. The molecular formula is C11H15N3O5S. The highest BCUT2D eigenvalue weighted by molar-refractivity contribution is 7.09. The first kappa shape index (κ1) is 15.9. The third-order valence-electron chi connectivity index (χ3n) is 2.39. The molecule has 3 N–H and O–H groups in total. The number of aryl methyl sites for hydroxylation is 1. The molecule has 8 nitrogen and oxygen atoms in total. The lowest BCUT2D eigenvalue weighted by atomic mass is 10.2. The Morgan fingerprint density at radius 1 is 1.45 bits per heavy atom. The van der Waals surface area contributed by atoms with E-state index in [1.165, 1.54) is 23.3 Å². The average Bonchev–Trinajstić information content (AvgIpc) is 2.72. The molecule has 0 aliphatic carbocycles. The Labute approximate surface area is 119 Å². The summed E-state index contributed by atoms with van der Waals surface area (Å²) >= 11 is 1.44. The van der Waals surface area contributed by atoms with Gasteiger partial charge in [-0.2, -0.15) is 0 Å². The van der Waals surface area contributed by atoms with Crippen molar-refractivity contribution in [3.05, 3.63) is 16.1 Å². The maximum atomic E-state index is 11.8. The number of carbonyl (C=O) groups excluding carboxylic acids is 1. The second-order valence-electron chi connectivity index (χ2n) is 4.15. The van der Waals surface area contributed by atoms with Gasteiger partial charge in [0.05, 0.1) is 23.7 Å².